The van der Waals surface area contributed by atoms with E-state index < -0.39 is 107 Å². The maximum absolute atomic E-state index is 13.8. The molecule has 17 nitrogen and oxygen atoms in total. The number of anilines is 1. The molecule has 0 bridgehead atoms. The quantitative estimate of drug-likeness (QED) is 0.0743. The molecule has 0 aromatic heterocycles. The molecule has 0 aliphatic carbocycles. The number of phenols is 1. The van der Waals surface area contributed by atoms with Gasteiger partial charge in [-0.1, -0.05) is 0 Å². The monoisotopic (exact) mass is 706 g/mol. The van der Waals surface area contributed by atoms with Gasteiger partial charge in [-0.25, -0.2) is 8.78 Å². The highest BCUT2D eigenvalue weighted by Crippen LogP contribution is 2.48. The molecule has 0 heterocycles. The Morgan fingerprint density at radius 2 is 1.20 bits per heavy atom. The van der Waals surface area contributed by atoms with Gasteiger partial charge in [0.05, 0.1) is 16.8 Å². The highest BCUT2D eigenvalue weighted by molar-refractivity contribution is 7.86. The van der Waals surface area contributed by atoms with Gasteiger partial charge < -0.3 is 15.4 Å². The van der Waals surface area contributed by atoms with Crippen molar-refractivity contribution in [2.75, 3.05) is 5.73 Å². The summed E-state index contributed by atoms with van der Waals surface area (Å²) in [6, 6.07) is 5.83. The number of benzene rings is 4. The van der Waals surface area contributed by atoms with E-state index in [0.717, 1.165) is 24.3 Å². The first kappa shape index (κ1) is 33.5. The van der Waals surface area contributed by atoms with E-state index in [0.29, 0.717) is 12.1 Å². The van der Waals surface area contributed by atoms with Crippen molar-refractivity contribution in [3.63, 3.8) is 0 Å². The first-order valence-electron chi connectivity index (χ1n) is 11.3. The SMILES string of the molecule is Nc1c(N=Nc2ccc(S(=O)[O-])cc2)c(S(=O)(=O)O)cc2cc(S(=O)(=O)O)c(N=Nc3cc(F)c(F)cc3S(=O)(=O)O)c(O)c12. The smallest absolute Gasteiger partial charge is 0.296 e. The zero-order valence-electron chi connectivity index (χ0n) is 21.4. The molecule has 23 heteroatoms. The van der Waals surface area contributed by atoms with Gasteiger partial charge in [-0.05, 0) is 52.9 Å². The Morgan fingerprint density at radius 1 is 0.711 bits per heavy atom. The molecule has 6 N–H and O–H groups in total. The van der Waals surface area contributed by atoms with Crippen LogP contribution in [0.5, 0.6) is 5.75 Å². The molecule has 0 saturated heterocycles. The third-order valence-electron chi connectivity index (χ3n) is 5.70. The molecule has 0 amide bonds. The Kier molecular flexibility index (Phi) is 8.84. The third kappa shape index (κ3) is 6.99. The predicted octanol–water partition coefficient (Wildman–Crippen LogP) is 4.21. The Labute approximate surface area is 253 Å². The minimum Gasteiger partial charge on any atom is -0.768 e. The number of rotatable bonds is 8. The standard InChI is InChI=1S/C22H15F2N5O12S4/c23-12-7-14(15(8-13(12)24)43(33,34)35)27-29-21-17(45(39,40)41)6-9-5-16(44(36,37)38)20(19(25)18(9)22(21)30)28-26-10-1-3-11(4-2-10)42(31)32/h1-8,30H,25H2,(H,31,32)(H,33,34,35)(H,36,37,38)(H,39,40,41)/p-1. The van der Waals surface area contributed by atoms with Gasteiger partial charge in [-0.15, -0.1) is 15.3 Å². The highest BCUT2D eigenvalue weighted by Gasteiger charge is 2.28. The van der Waals surface area contributed by atoms with Crippen molar-refractivity contribution in [2.24, 2.45) is 20.5 Å². The normalized spacial score (nSPS) is 13.6. The number of nitrogens with zero attached hydrogens (tertiary/aromatic N) is 4. The van der Waals surface area contributed by atoms with Crippen LogP contribution in [0.25, 0.3) is 10.8 Å². The van der Waals surface area contributed by atoms with Crippen molar-refractivity contribution in [3.05, 3.63) is 60.2 Å². The van der Waals surface area contributed by atoms with Gasteiger partial charge in [0, 0.05) is 17.0 Å². The van der Waals surface area contributed by atoms with E-state index in [1.165, 1.54) is 0 Å². The first-order chi connectivity index (χ1) is 20.7. The van der Waals surface area contributed by atoms with Crippen LogP contribution in [0.15, 0.2) is 88.6 Å². The summed E-state index contributed by atoms with van der Waals surface area (Å²) in [4.78, 5) is -3.82. The van der Waals surface area contributed by atoms with Crippen LogP contribution >= 0.6 is 0 Å². The van der Waals surface area contributed by atoms with E-state index in [1.54, 1.807) is 0 Å². The number of fused-ring (bicyclic) bond motifs is 1. The van der Waals surface area contributed by atoms with Gasteiger partial charge in [0.15, 0.2) is 17.4 Å². The van der Waals surface area contributed by atoms with Crippen molar-refractivity contribution >= 4 is 80.6 Å². The van der Waals surface area contributed by atoms with Crippen molar-refractivity contribution < 1.29 is 61.6 Å². The molecule has 1 atom stereocenters. The molecule has 0 radical (unpaired) electrons. The van der Waals surface area contributed by atoms with Crippen molar-refractivity contribution in [1.29, 1.82) is 0 Å². The Morgan fingerprint density at radius 3 is 1.71 bits per heavy atom. The van der Waals surface area contributed by atoms with Gasteiger partial charge >= 0.3 is 0 Å². The minimum absolute atomic E-state index is 0.0305. The largest absolute Gasteiger partial charge is 0.768 e. The highest BCUT2D eigenvalue weighted by atomic mass is 32.2. The molecule has 4 aromatic rings. The fourth-order valence-corrected chi connectivity index (χ4v) is 6.05. The molecule has 0 aliphatic rings. The van der Waals surface area contributed by atoms with Gasteiger partial charge in [-0.2, -0.15) is 30.4 Å². The van der Waals surface area contributed by atoms with E-state index >= 15 is 0 Å². The van der Waals surface area contributed by atoms with Crippen LogP contribution in [0.3, 0.4) is 0 Å². The summed E-state index contributed by atoms with van der Waals surface area (Å²) in [5.41, 5.74) is 2.10. The molecule has 4 aromatic carbocycles. The molecular weight excluding hydrogens is 693 g/mol. The van der Waals surface area contributed by atoms with Crippen LogP contribution < -0.4 is 5.73 Å². The van der Waals surface area contributed by atoms with E-state index in [-0.39, 0.29) is 22.7 Å². The molecule has 0 fully saturated rings. The second-order valence-electron chi connectivity index (χ2n) is 8.59. The molecule has 238 valence electrons. The summed E-state index contributed by atoms with van der Waals surface area (Å²) >= 11 is -2.58. The lowest BCUT2D eigenvalue weighted by atomic mass is 10.1. The second-order valence-corrected chi connectivity index (χ2v) is 13.7. The van der Waals surface area contributed by atoms with Gasteiger partial charge in [0.1, 0.15) is 31.7 Å². The van der Waals surface area contributed by atoms with E-state index in [9.17, 15) is 61.6 Å². The third-order valence-corrected chi connectivity index (χ3v) is 8.98. The van der Waals surface area contributed by atoms with Crippen LogP contribution in [0.1, 0.15) is 0 Å². The van der Waals surface area contributed by atoms with Crippen LogP contribution in [-0.2, 0) is 41.4 Å². The molecule has 0 aliphatic heterocycles. The molecule has 1 unspecified atom stereocenters. The van der Waals surface area contributed by atoms with Gasteiger partial charge in [0.2, 0.25) is 0 Å². The summed E-state index contributed by atoms with van der Waals surface area (Å²) in [6.07, 6.45) is 0. The zero-order chi connectivity index (χ0) is 33.6. The summed E-state index contributed by atoms with van der Waals surface area (Å²) < 4.78 is 151. The van der Waals surface area contributed by atoms with Gasteiger partial charge in [-0.3, -0.25) is 17.9 Å². The Hall–Kier alpha value is -4.36. The number of phenolic OH excluding ortho intramolecular Hbond substituents is 1. The maximum Gasteiger partial charge on any atom is 0.296 e. The molecule has 4 rings (SSSR count). The van der Waals surface area contributed by atoms with Crippen LogP contribution in [0.2, 0.25) is 0 Å². The van der Waals surface area contributed by atoms with E-state index in [4.69, 9.17) is 5.73 Å². The number of azo groups is 2. The number of halogens is 2. The molecular formula is C22H14F2N5O12S4-. The molecule has 0 spiro atoms. The predicted molar refractivity (Wildman–Crippen MR) is 148 cm³/mol. The molecule has 0 saturated carbocycles. The summed E-state index contributed by atoms with van der Waals surface area (Å²) in [6.45, 7) is 0. The van der Waals surface area contributed by atoms with Crippen molar-refractivity contribution in [3.8, 4) is 5.75 Å². The van der Waals surface area contributed by atoms with Crippen LogP contribution in [-0.4, -0.2) is 52.8 Å². The maximum atomic E-state index is 13.8. The lowest BCUT2D eigenvalue weighted by Crippen LogP contribution is -2.04. The summed E-state index contributed by atoms with van der Waals surface area (Å²) in [5.74, 6) is -4.67. The lowest BCUT2D eigenvalue weighted by molar-refractivity contribution is 0.471. The first-order valence-corrected chi connectivity index (χ1v) is 16.7. The van der Waals surface area contributed by atoms with E-state index in [2.05, 4.69) is 20.5 Å². The number of hydrogen-bond donors (Lipinski definition) is 5. The minimum atomic E-state index is -5.39. The topological polar surface area (TPSA) is 299 Å². The number of hydrogen-bond acceptors (Lipinski definition) is 14. The van der Waals surface area contributed by atoms with Gasteiger partial charge in [0.25, 0.3) is 30.4 Å². The van der Waals surface area contributed by atoms with Crippen molar-refractivity contribution in [1.82, 2.24) is 0 Å². The van der Waals surface area contributed by atoms with Crippen molar-refractivity contribution in [2.45, 2.75) is 19.6 Å². The second kappa shape index (κ2) is 11.9. The lowest BCUT2D eigenvalue weighted by Gasteiger charge is -2.14. The zero-order valence-corrected chi connectivity index (χ0v) is 24.7. The number of aromatic hydroxyl groups is 1. The summed E-state index contributed by atoms with van der Waals surface area (Å²) in [5, 5.41) is 23.8. The Bertz CT molecular complexity index is 2320. The molecule has 45 heavy (non-hydrogen) atoms. The average molecular weight is 707 g/mol. The number of nitrogen functional groups attached to an aromatic ring is 1. The fourth-order valence-electron chi connectivity index (χ4n) is 3.74. The summed E-state index contributed by atoms with van der Waals surface area (Å²) in [7, 11) is -15.9. The fraction of sp³-hybridized carbons (Fsp3) is 0. The van der Waals surface area contributed by atoms with E-state index in [1.807, 2.05) is 0 Å². The average Bonchev–Trinajstić information content (AvgIpc) is 2.91. The Balaban J connectivity index is 2.03. The number of nitrogens with two attached hydrogens (primary N) is 1. The van der Waals surface area contributed by atoms with Crippen LogP contribution in [0.4, 0.5) is 37.2 Å². The van der Waals surface area contributed by atoms with Crippen LogP contribution in [0, 0.1) is 11.6 Å².